The third-order valence-electron chi connectivity index (χ3n) is 3.91. The Morgan fingerprint density at radius 3 is 2.90 bits per heavy atom. The van der Waals surface area contributed by atoms with E-state index in [0.717, 1.165) is 34.3 Å². The highest BCUT2D eigenvalue weighted by Crippen LogP contribution is 2.29. The van der Waals surface area contributed by atoms with Crippen molar-refractivity contribution in [3.8, 4) is 16.5 Å². The molecule has 3 aromatic rings. The smallest absolute Gasteiger partial charge is 0.294 e. The van der Waals surface area contributed by atoms with Crippen molar-refractivity contribution in [2.24, 2.45) is 0 Å². The summed E-state index contributed by atoms with van der Waals surface area (Å²) in [6.07, 6.45) is 7.15. The Balaban J connectivity index is 1.61. The molecule has 0 spiro atoms. The maximum Gasteiger partial charge on any atom is 0.294 e. The van der Waals surface area contributed by atoms with Crippen LogP contribution in [0.5, 0.6) is 5.19 Å². The van der Waals surface area contributed by atoms with Gasteiger partial charge in [0.25, 0.3) is 5.19 Å². The van der Waals surface area contributed by atoms with Gasteiger partial charge in [-0.15, -0.1) is 5.10 Å². The minimum atomic E-state index is 0.345. The fourth-order valence-corrected chi connectivity index (χ4v) is 3.62. The lowest BCUT2D eigenvalue weighted by Gasteiger charge is -2.08. The summed E-state index contributed by atoms with van der Waals surface area (Å²) < 4.78 is 7.76. The molecule has 1 aliphatic carbocycles. The molecular formula is C16H17N3OS. The van der Waals surface area contributed by atoms with Crippen LogP contribution in [0.1, 0.15) is 31.2 Å². The average molecular weight is 299 g/mol. The Morgan fingerprint density at radius 2 is 2.14 bits per heavy atom. The summed E-state index contributed by atoms with van der Waals surface area (Å²) in [4.78, 5) is 5.55. The summed E-state index contributed by atoms with van der Waals surface area (Å²) in [5.74, 6) is 0. The Labute approximate surface area is 127 Å². The number of aryl methyl sites for hydroxylation is 1. The molecule has 0 unspecified atom stereocenters. The van der Waals surface area contributed by atoms with Crippen LogP contribution in [0, 0.1) is 6.92 Å². The summed E-state index contributed by atoms with van der Waals surface area (Å²) in [5.41, 5.74) is 3.33. The van der Waals surface area contributed by atoms with E-state index in [0.29, 0.717) is 6.10 Å². The lowest BCUT2D eigenvalue weighted by molar-refractivity contribution is 0.207. The van der Waals surface area contributed by atoms with Gasteiger partial charge in [-0.3, -0.25) is 0 Å². The lowest BCUT2D eigenvalue weighted by atomic mass is 10.1. The summed E-state index contributed by atoms with van der Waals surface area (Å²) >= 11 is 1.52. The zero-order chi connectivity index (χ0) is 14.2. The first kappa shape index (κ1) is 12.8. The molecule has 21 heavy (non-hydrogen) atoms. The van der Waals surface area contributed by atoms with Crippen molar-refractivity contribution in [2.45, 2.75) is 38.7 Å². The van der Waals surface area contributed by atoms with E-state index in [1.165, 1.54) is 29.7 Å². The molecule has 2 aromatic heterocycles. The maximum absolute atomic E-state index is 5.93. The number of imidazole rings is 1. The van der Waals surface area contributed by atoms with Crippen LogP contribution >= 0.6 is 11.3 Å². The first-order valence-electron chi connectivity index (χ1n) is 7.38. The molecule has 4 rings (SSSR count). The van der Waals surface area contributed by atoms with E-state index in [-0.39, 0.29) is 0 Å². The van der Waals surface area contributed by atoms with Crippen molar-refractivity contribution in [3.05, 3.63) is 36.0 Å². The fourth-order valence-electron chi connectivity index (χ4n) is 2.82. The monoisotopic (exact) mass is 299 g/mol. The van der Waals surface area contributed by atoms with Crippen LogP contribution in [0.25, 0.3) is 16.2 Å². The van der Waals surface area contributed by atoms with E-state index in [4.69, 9.17) is 4.74 Å². The Hall–Kier alpha value is -1.88. The van der Waals surface area contributed by atoms with E-state index >= 15 is 0 Å². The van der Waals surface area contributed by atoms with Gasteiger partial charge in [-0.2, -0.15) is 0 Å². The highest BCUT2D eigenvalue weighted by Gasteiger charge is 2.19. The number of hydrogen-bond donors (Lipinski definition) is 0. The topological polar surface area (TPSA) is 39.4 Å². The third-order valence-corrected chi connectivity index (χ3v) is 4.72. The van der Waals surface area contributed by atoms with Gasteiger partial charge in [-0.25, -0.2) is 9.50 Å². The van der Waals surface area contributed by atoms with Crippen LogP contribution in [0.4, 0.5) is 0 Å². The molecule has 0 atom stereocenters. The third kappa shape index (κ3) is 2.53. The van der Waals surface area contributed by atoms with Gasteiger partial charge < -0.3 is 4.74 Å². The molecule has 1 aliphatic rings. The van der Waals surface area contributed by atoms with E-state index in [1.54, 1.807) is 0 Å². The maximum atomic E-state index is 5.93. The molecule has 0 bridgehead atoms. The van der Waals surface area contributed by atoms with Crippen molar-refractivity contribution in [1.82, 2.24) is 14.6 Å². The number of rotatable bonds is 3. The van der Waals surface area contributed by atoms with Crippen molar-refractivity contribution in [2.75, 3.05) is 0 Å². The number of benzene rings is 1. The second kappa shape index (κ2) is 5.15. The van der Waals surface area contributed by atoms with Gasteiger partial charge in [0.2, 0.25) is 4.96 Å². The van der Waals surface area contributed by atoms with Crippen LogP contribution in [0.2, 0.25) is 0 Å². The standard InChI is InChI=1S/C16H17N3OS/c1-11-5-4-6-12(9-11)14-10-19-15(17-14)21-16(18-19)20-13-7-2-3-8-13/h4-6,9-10,13H,2-3,7-8H2,1H3. The molecular weight excluding hydrogens is 282 g/mol. The van der Waals surface area contributed by atoms with E-state index in [1.807, 2.05) is 10.7 Å². The minimum absolute atomic E-state index is 0.345. The molecule has 0 N–H and O–H groups in total. The zero-order valence-corrected chi connectivity index (χ0v) is 12.8. The van der Waals surface area contributed by atoms with Gasteiger partial charge in [0, 0.05) is 5.56 Å². The first-order valence-corrected chi connectivity index (χ1v) is 8.19. The first-order chi connectivity index (χ1) is 10.3. The molecule has 4 nitrogen and oxygen atoms in total. The molecule has 0 saturated heterocycles. The van der Waals surface area contributed by atoms with E-state index < -0.39 is 0 Å². The highest BCUT2D eigenvalue weighted by molar-refractivity contribution is 7.18. The number of hydrogen-bond acceptors (Lipinski definition) is 4. The molecule has 5 heteroatoms. The highest BCUT2D eigenvalue weighted by atomic mass is 32.1. The molecule has 0 amide bonds. The number of aromatic nitrogens is 3. The van der Waals surface area contributed by atoms with Crippen molar-refractivity contribution in [3.63, 3.8) is 0 Å². The van der Waals surface area contributed by atoms with Crippen LogP contribution < -0.4 is 4.74 Å². The average Bonchev–Trinajstić information content (AvgIpc) is 3.14. The van der Waals surface area contributed by atoms with Gasteiger partial charge >= 0.3 is 0 Å². The van der Waals surface area contributed by atoms with Gasteiger partial charge in [0.05, 0.1) is 11.9 Å². The predicted molar refractivity (Wildman–Crippen MR) is 83.9 cm³/mol. The number of ether oxygens (including phenoxy) is 1. The van der Waals surface area contributed by atoms with Crippen molar-refractivity contribution >= 4 is 16.3 Å². The minimum Gasteiger partial charge on any atom is -0.466 e. The second-order valence-electron chi connectivity index (χ2n) is 5.62. The summed E-state index contributed by atoms with van der Waals surface area (Å²) in [6, 6.07) is 8.37. The van der Waals surface area contributed by atoms with Crippen LogP contribution in [0.3, 0.4) is 0 Å². The lowest BCUT2D eigenvalue weighted by Crippen LogP contribution is -2.10. The van der Waals surface area contributed by atoms with Gasteiger partial charge in [-0.1, -0.05) is 23.8 Å². The van der Waals surface area contributed by atoms with Gasteiger partial charge in [0.15, 0.2) is 0 Å². The molecule has 1 fully saturated rings. The van der Waals surface area contributed by atoms with Crippen molar-refractivity contribution < 1.29 is 4.74 Å². The summed E-state index contributed by atoms with van der Waals surface area (Å²) in [7, 11) is 0. The number of fused-ring (bicyclic) bond motifs is 1. The van der Waals surface area contributed by atoms with Crippen LogP contribution in [-0.2, 0) is 0 Å². The number of nitrogens with zero attached hydrogens (tertiary/aromatic N) is 3. The SMILES string of the molecule is Cc1cccc(-c2cn3nc(OC4CCCC4)sc3n2)c1. The largest absolute Gasteiger partial charge is 0.466 e. The molecule has 1 saturated carbocycles. The predicted octanol–water partition coefficient (Wildman–Crippen LogP) is 4.09. The van der Waals surface area contributed by atoms with Crippen LogP contribution in [0.15, 0.2) is 30.5 Å². The molecule has 2 heterocycles. The quantitative estimate of drug-likeness (QED) is 0.731. The Bertz CT molecular complexity index is 739. The second-order valence-corrected chi connectivity index (χ2v) is 6.53. The van der Waals surface area contributed by atoms with E-state index in [9.17, 15) is 0 Å². The molecule has 1 aromatic carbocycles. The molecule has 0 aliphatic heterocycles. The zero-order valence-electron chi connectivity index (χ0n) is 12.0. The van der Waals surface area contributed by atoms with E-state index in [2.05, 4.69) is 41.3 Å². The fraction of sp³-hybridized carbons (Fsp3) is 0.375. The Morgan fingerprint density at radius 1 is 1.29 bits per heavy atom. The summed E-state index contributed by atoms with van der Waals surface area (Å²) in [6.45, 7) is 2.09. The van der Waals surface area contributed by atoms with Crippen LogP contribution in [-0.4, -0.2) is 20.7 Å². The van der Waals surface area contributed by atoms with Gasteiger partial charge in [-0.05, 0) is 50.0 Å². The van der Waals surface area contributed by atoms with Crippen molar-refractivity contribution in [1.29, 1.82) is 0 Å². The summed E-state index contributed by atoms with van der Waals surface area (Å²) in [5, 5.41) is 5.23. The molecule has 0 radical (unpaired) electrons. The molecule has 108 valence electrons. The normalized spacial score (nSPS) is 15.9. The van der Waals surface area contributed by atoms with Gasteiger partial charge in [0.1, 0.15) is 6.10 Å². The Kier molecular flexibility index (Phi) is 3.15.